The number of hydrogen-bond donors (Lipinski definition) is 0. The summed E-state index contributed by atoms with van der Waals surface area (Å²) in [6.45, 7) is 8.42. The van der Waals surface area contributed by atoms with Gasteiger partial charge in [-0.1, -0.05) is 42.5 Å². The highest BCUT2D eigenvalue weighted by Gasteiger charge is 2.31. The Hall–Kier alpha value is -3.52. The van der Waals surface area contributed by atoms with Gasteiger partial charge in [-0.05, 0) is 37.1 Å². The molecule has 0 saturated carbocycles. The molecule has 1 fully saturated rings. The average molecular weight is 433 g/mol. The molecule has 1 saturated heterocycles. The third-order valence-electron chi connectivity index (χ3n) is 5.77. The van der Waals surface area contributed by atoms with Gasteiger partial charge in [-0.3, -0.25) is 15.0 Å². The Balaban J connectivity index is 1.58. The van der Waals surface area contributed by atoms with E-state index >= 15 is 0 Å². The summed E-state index contributed by atoms with van der Waals surface area (Å²) in [5.41, 5.74) is 3.21. The smallest absolute Gasteiger partial charge is 0.348 e. The minimum absolute atomic E-state index is 0.0348. The maximum atomic E-state index is 12.2. The molecule has 0 amide bonds. The zero-order chi connectivity index (χ0) is 22.5. The number of aromatic nitrogens is 2. The number of anilines is 3. The van der Waals surface area contributed by atoms with Crippen molar-refractivity contribution in [3.05, 3.63) is 82.2 Å². The Kier molecular flexibility index (Phi) is 6.61. The monoisotopic (exact) mass is 432 g/mol. The van der Waals surface area contributed by atoms with Crippen LogP contribution in [0.4, 0.5) is 23.0 Å². The second-order valence-electron chi connectivity index (χ2n) is 7.96. The Labute approximate surface area is 188 Å². The summed E-state index contributed by atoms with van der Waals surface area (Å²) in [6, 6.07) is 18.3. The maximum Gasteiger partial charge on any atom is 0.353 e. The van der Waals surface area contributed by atoms with Crippen LogP contribution < -0.4 is 9.80 Å². The van der Waals surface area contributed by atoms with Gasteiger partial charge in [0.1, 0.15) is 6.33 Å². The van der Waals surface area contributed by atoms with Crippen LogP contribution in [0.5, 0.6) is 0 Å². The number of rotatable bonds is 7. The first-order valence-electron chi connectivity index (χ1n) is 10.9. The van der Waals surface area contributed by atoms with Crippen molar-refractivity contribution in [2.45, 2.75) is 20.4 Å². The molecule has 8 nitrogen and oxygen atoms in total. The second-order valence-corrected chi connectivity index (χ2v) is 7.96. The molecule has 1 aromatic heterocycles. The summed E-state index contributed by atoms with van der Waals surface area (Å²) in [5.74, 6) is 0.727. The van der Waals surface area contributed by atoms with Crippen LogP contribution in [0.2, 0.25) is 0 Å². The summed E-state index contributed by atoms with van der Waals surface area (Å²) in [5, 5.41) is 12.2. The molecular formula is C24H28N6O2. The fourth-order valence-electron chi connectivity index (χ4n) is 4.16. The molecule has 3 aromatic rings. The average Bonchev–Trinajstić information content (AvgIpc) is 2.80. The topological polar surface area (TPSA) is 78.6 Å². The Morgan fingerprint density at radius 2 is 1.78 bits per heavy atom. The van der Waals surface area contributed by atoms with Gasteiger partial charge < -0.3 is 9.80 Å². The number of aryl methyl sites for hydroxylation is 1. The lowest BCUT2D eigenvalue weighted by Crippen LogP contribution is -2.46. The van der Waals surface area contributed by atoms with Crippen molar-refractivity contribution < 1.29 is 4.92 Å². The van der Waals surface area contributed by atoms with Crippen molar-refractivity contribution in [2.24, 2.45) is 0 Å². The highest BCUT2D eigenvalue weighted by molar-refractivity contribution is 5.76. The van der Waals surface area contributed by atoms with E-state index in [2.05, 4.69) is 27.0 Å². The predicted molar refractivity (Wildman–Crippen MR) is 126 cm³/mol. The van der Waals surface area contributed by atoms with Crippen LogP contribution in [0.1, 0.15) is 18.1 Å². The van der Waals surface area contributed by atoms with E-state index in [1.165, 1.54) is 11.9 Å². The van der Waals surface area contributed by atoms with Gasteiger partial charge in [-0.2, -0.15) is 0 Å². The van der Waals surface area contributed by atoms with Crippen molar-refractivity contribution in [1.82, 2.24) is 14.9 Å². The van der Waals surface area contributed by atoms with E-state index < -0.39 is 0 Å². The first-order valence-corrected chi connectivity index (χ1v) is 10.9. The molecule has 32 heavy (non-hydrogen) atoms. The van der Waals surface area contributed by atoms with Crippen LogP contribution in [-0.2, 0) is 6.54 Å². The van der Waals surface area contributed by atoms with Crippen LogP contribution >= 0.6 is 0 Å². The largest absolute Gasteiger partial charge is 0.353 e. The van der Waals surface area contributed by atoms with E-state index in [1.807, 2.05) is 66.1 Å². The van der Waals surface area contributed by atoms with Gasteiger partial charge in [0.2, 0.25) is 11.6 Å². The highest BCUT2D eigenvalue weighted by atomic mass is 16.6. The van der Waals surface area contributed by atoms with E-state index in [1.54, 1.807) is 0 Å². The summed E-state index contributed by atoms with van der Waals surface area (Å²) < 4.78 is 0. The third kappa shape index (κ3) is 4.70. The standard InChI is InChI=1S/C24H28N6O2/c1-3-29(21-11-7-8-19(2)16-21)24-22(30(31)32)23(25-18-26-24)28-14-12-27(13-15-28)17-20-9-5-4-6-10-20/h4-11,16,18H,3,12-15,17H2,1-2H3. The summed E-state index contributed by atoms with van der Waals surface area (Å²) in [4.78, 5) is 26.8. The van der Waals surface area contributed by atoms with Crippen LogP contribution in [0.25, 0.3) is 0 Å². The molecule has 0 aliphatic carbocycles. The van der Waals surface area contributed by atoms with Crippen molar-refractivity contribution in [1.29, 1.82) is 0 Å². The van der Waals surface area contributed by atoms with E-state index in [0.29, 0.717) is 31.3 Å². The minimum atomic E-state index is -0.348. The van der Waals surface area contributed by atoms with Crippen LogP contribution in [-0.4, -0.2) is 52.5 Å². The fourth-order valence-corrected chi connectivity index (χ4v) is 4.16. The molecular weight excluding hydrogens is 404 g/mol. The summed E-state index contributed by atoms with van der Waals surface area (Å²) >= 11 is 0. The lowest BCUT2D eigenvalue weighted by atomic mass is 10.2. The van der Waals surface area contributed by atoms with Gasteiger partial charge in [0.15, 0.2) is 0 Å². The maximum absolute atomic E-state index is 12.2. The summed E-state index contributed by atoms with van der Waals surface area (Å²) in [6.07, 6.45) is 1.44. The van der Waals surface area contributed by atoms with Crippen molar-refractivity contribution in [3.63, 3.8) is 0 Å². The van der Waals surface area contributed by atoms with Crippen LogP contribution in [0, 0.1) is 17.0 Å². The van der Waals surface area contributed by atoms with Crippen LogP contribution in [0.15, 0.2) is 60.9 Å². The zero-order valence-corrected chi connectivity index (χ0v) is 18.5. The number of hydrogen-bond acceptors (Lipinski definition) is 7. The number of benzene rings is 2. The first-order chi connectivity index (χ1) is 15.6. The molecule has 0 atom stereocenters. The first kappa shape index (κ1) is 21.7. The van der Waals surface area contributed by atoms with Crippen LogP contribution in [0.3, 0.4) is 0 Å². The van der Waals surface area contributed by atoms with Gasteiger partial charge in [0.05, 0.1) is 4.92 Å². The fraction of sp³-hybridized carbons (Fsp3) is 0.333. The second kappa shape index (κ2) is 9.74. The van der Waals surface area contributed by atoms with E-state index in [-0.39, 0.29) is 10.6 Å². The third-order valence-corrected chi connectivity index (χ3v) is 5.77. The normalized spacial score (nSPS) is 14.4. The minimum Gasteiger partial charge on any atom is -0.348 e. The molecule has 1 aliphatic rings. The molecule has 0 radical (unpaired) electrons. The Morgan fingerprint density at radius 3 is 2.44 bits per heavy atom. The van der Waals surface area contributed by atoms with E-state index in [9.17, 15) is 10.1 Å². The van der Waals surface area contributed by atoms with Gasteiger partial charge >= 0.3 is 5.69 Å². The van der Waals surface area contributed by atoms with Gasteiger partial charge in [0, 0.05) is 45.0 Å². The molecule has 2 aromatic carbocycles. The number of piperazine rings is 1. The molecule has 4 rings (SSSR count). The molecule has 8 heteroatoms. The van der Waals surface area contributed by atoms with E-state index in [4.69, 9.17) is 0 Å². The van der Waals surface area contributed by atoms with Crippen molar-refractivity contribution in [3.8, 4) is 0 Å². The zero-order valence-electron chi connectivity index (χ0n) is 18.5. The molecule has 1 aliphatic heterocycles. The molecule has 0 N–H and O–H groups in total. The SMILES string of the molecule is CCN(c1cccc(C)c1)c1ncnc(N2CCN(Cc3ccccc3)CC2)c1[N+](=O)[O-]. The molecule has 0 spiro atoms. The van der Waals surface area contributed by atoms with E-state index in [0.717, 1.165) is 30.9 Å². The Bertz CT molecular complexity index is 1070. The van der Waals surface area contributed by atoms with Crippen molar-refractivity contribution >= 4 is 23.0 Å². The quantitative estimate of drug-likeness (QED) is 0.409. The summed E-state index contributed by atoms with van der Waals surface area (Å²) in [7, 11) is 0. The Morgan fingerprint density at radius 1 is 1.03 bits per heavy atom. The predicted octanol–water partition coefficient (Wildman–Crippen LogP) is 4.17. The molecule has 166 valence electrons. The molecule has 0 unspecified atom stereocenters. The van der Waals surface area contributed by atoms with Crippen molar-refractivity contribution in [2.75, 3.05) is 42.5 Å². The number of nitro groups is 1. The lowest BCUT2D eigenvalue weighted by Gasteiger charge is -2.35. The highest BCUT2D eigenvalue weighted by Crippen LogP contribution is 2.37. The van der Waals surface area contributed by atoms with Gasteiger partial charge in [-0.15, -0.1) is 0 Å². The molecule has 0 bridgehead atoms. The van der Waals surface area contributed by atoms with Gasteiger partial charge in [0.25, 0.3) is 0 Å². The lowest BCUT2D eigenvalue weighted by molar-refractivity contribution is -0.383. The van der Waals surface area contributed by atoms with Gasteiger partial charge in [-0.25, -0.2) is 9.97 Å². The number of nitrogens with zero attached hydrogens (tertiary/aromatic N) is 6. The molecule has 2 heterocycles.